The van der Waals surface area contributed by atoms with Crippen molar-refractivity contribution in [3.8, 4) is 0 Å². The average Bonchev–Trinajstić information content (AvgIpc) is 2.40. The minimum absolute atomic E-state index is 0.272. The van der Waals surface area contributed by atoms with E-state index >= 15 is 0 Å². The summed E-state index contributed by atoms with van der Waals surface area (Å²) in [4.78, 5) is 2.20. The molecule has 1 fully saturated rings. The maximum Gasteiger partial charge on any atom is 0.416 e. The molecule has 0 aromatic heterocycles. The van der Waals surface area contributed by atoms with Gasteiger partial charge in [-0.1, -0.05) is 25.1 Å². The average molecular weight is 286 g/mol. The van der Waals surface area contributed by atoms with Gasteiger partial charge in [0.05, 0.1) is 5.56 Å². The van der Waals surface area contributed by atoms with E-state index in [1.54, 1.807) is 6.07 Å². The predicted octanol–water partition coefficient (Wildman–Crippen LogP) is 3.26. The van der Waals surface area contributed by atoms with Crippen LogP contribution in [0.3, 0.4) is 0 Å². The molecule has 1 aromatic carbocycles. The van der Waals surface area contributed by atoms with Crippen molar-refractivity contribution >= 4 is 0 Å². The Balaban J connectivity index is 2.09. The summed E-state index contributed by atoms with van der Waals surface area (Å²) in [7, 11) is 0. The molecule has 0 amide bonds. The second-order valence-electron chi connectivity index (χ2n) is 5.69. The van der Waals surface area contributed by atoms with Gasteiger partial charge in [0.15, 0.2) is 0 Å². The van der Waals surface area contributed by atoms with E-state index in [1.165, 1.54) is 12.1 Å². The van der Waals surface area contributed by atoms with Crippen molar-refractivity contribution in [2.75, 3.05) is 13.1 Å². The normalized spacial score (nSPS) is 24.9. The number of nitrogens with zero attached hydrogens (tertiary/aromatic N) is 1. The molecule has 2 nitrogen and oxygen atoms in total. The highest BCUT2D eigenvalue weighted by Gasteiger charge is 2.31. The summed E-state index contributed by atoms with van der Waals surface area (Å²) in [5.41, 5.74) is 5.91. The molecule has 5 heteroatoms. The van der Waals surface area contributed by atoms with E-state index in [4.69, 9.17) is 5.73 Å². The number of hydrogen-bond donors (Lipinski definition) is 1. The third kappa shape index (κ3) is 3.73. The molecule has 20 heavy (non-hydrogen) atoms. The summed E-state index contributed by atoms with van der Waals surface area (Å²) in [6.45, 7) is 4.20. The fourth-order valence-corrected chi connectivity index (χ4v) is 2.83. The Morgan fingerprint density at radius 2 is 2.10 bits per heavy atom. The van der Waals surface area contributed by atoms with Crippen LogP contribution >= 0.6 is 0 Å². The van der Waals surface area contributed by atoms with Crippen LogP contribution in [0, 0.1) is 5.92 Å². The quantitative estimate of drug-likeness (QED) is 0.924. The number of rotatable bonds is 3. The Hall–Kier alpha value is -1.07. The summed E-state index contributed by atoms with van der Waals surface area (Å²) >= 11 is 0. The molecular formula is C15H21F3N2. The molecule has 2 atom stereocenters. The molecule has 0 saturated carbocycles. The van der Waals surface area contributed by atoms with Gasteiger partial charge in [0.25, 0.3) is 0 Å². The molecule has 112 valence electrons. The molecule has 1 aromatic rings. The molecule has 1 saturated heterocycles. The highest BCUT2D eigenvalue weighted by atomic mass is 19.4. The van der Waals surface area contributed by atoms with Crippen LogP contribution in [0.5, 0.6) is 0 Å². The minimum Gasteiger partial charge on any atom is -0.329 e. The van der Waals surface area contributed by atoms with Gasteiger partial charge in [0.2, 0.25) is 0 Å². The van der Waals surface area contributed by atoms with Gasteiger partial charge in [0, 0.05) is 19.1 Å². The summed E-state index contributed by atoms with van der Waals surface area (Å²) in [6.07, 6.45) is -2.18. The first-order valence-corrected chi connectivity index (χ1v) is 7.00. The fourth-order valence-electron chi connectivity index (χ4n) is 2.83. The molecule has 1 aliphatic rings. The molecule has 2 unspecified atom stereocenters. The Bertz CT molecular complexity index is 445. The number of hydrogen-bond acceptors (Lipinski definition) is 2. The second-order valence-corrected chi connectivity index (χ2v) is 5.69. The van der Waals surface area contributed by atoms with Gasteiger partial charge in [0.1, 0.15) is 0 Å². The molecule has 1 aliphatic heterocycles. The van der Waals surface area contributed by atoms with Crippen molar-refractivity contribution in [1.29, 1.82) is 0 Å². The maximum atomic E-state index is 12.7. The van der Waals surface area contributed by atoms with E-state index in [0.717, 1.165) is 25.5 Å². The fraction of sp³-hybridized carbons (Fsp3) is 0.600. The van der Waals surface area contributed by atoms with Gasteiger partial charge in [-0.15, -0.1) is 0 Å². The first kappa shape index (κ1) is 15.3. The number of nitrogens with two attached hydrogens (primary N) is 1. The van der Waals surface area contributed by atoms with Crippen molar-refractivity contribution in [2.45, 2.75) is 38.5 Å². The first-order chi connectivity index (χ1) is 9.40. The maximum absolute atomic E-state index is 12.7. The van der Waals surface area contributed by atoms with Crippen molar-refractivity contribution < 1.29 is 13.2 Å². The van der Waals surface area contributed by atoms with E-state index in [2.05, 4.69) is 11.8 Å². The minimum atomic E-state index is -4.28. The molecule has 0 radical (unpaired) electrons. The van der Waals surface area contributed by atoms with Crippen molar-refractivity contribution in [3.05, 3.63) is 35.4 Å². The predicted molar refractivity (Wildman–Crippen MR) is 73.1 cm³/mol. The van der Waals surface area contributed by atoms with Crippen LogP contribution in [0.2, 0.25) is 0 Å². The van der Waals surface area contributed by atoms with Crippen LogP contribution in [0.1, 0.15) is 30.9 Å². The van der Waals surface area contributed by atoms with Crippen LogP contribution in [0.25, 0.3) is 0 Å². The SMILES string of the molecule is CC1CCN(Cc2cccc(C(F)(F)F)c2)C(CN)C1. The molecule has 0 spiro atoms. The first-order valence-electron chi connectivity index (χ1n) is 7.00. The second kappa shape index (κ2) is 6.14. The van der Waals surface area contributed by atoms with Gasteiger partial charge in [-0.2, -0.15) is 13.2 Å². The number of piperidine rings is 1. The number of halogens is 3. The van der Waals surface area contributed by atoms with Gasteiger partial charge >= 0.3 is 6.18 Å². The zero-order valence-corrected chi connectivity index (χ0v) is 11.7. The lowest BCUT2D eigenvalue weighted by molar-refractivity contribution is -0.137. The molecule has 0 aliphatic carbocycles. The molecule has 2 rings (SSSR count). The number of alkyl halides is 3. The van der Waals surface area contributed by atoms with Crippen LogP contribution in [0.4, 0.5) is 13.2 Å². The van der Waals surface area contributed by atoms with Crippen LogP contribution in [0.15, 0.2) is 24.3 Å². The topological polar surface area (TPSA) is 29.3 Å². The molecule has 2 N–H and O–H groups in total. The van der Waals surface area contributed by atoms with Crippen molar-refractivity contribution in [1.82, 2.24) is 4.90 Å². The van der Waals surface area contributed by atoms with E-state index in [0.29, 0.717) is 24.6 Å². The lowest BCUT2D eigenvalue weighted by Crippen LogP contribution is -2.45. The zero-order valence-electron chi connectivity index (χ0n) is 11.7. The van der Waals surface area contributed by atoms with Crippen molar-refractivity contribution in [2.24, 2.45) is 11.7 Å². The van der Waals surface area contributed by atoms with Crippen LogP contribution in [-0.2, 0) is 12.7 Å². The smallest absolute Gasteiger partial charge is 0.329 e. The Labute approximate surface area is 117 Å². The van der Waals surface area contributed by atoms with Crippen LogP contribution < -0.4 is 5.73 Å². The number of benzene rings is 1. The highest BCUT2D eigenvalue weighted by molar-refractivity contribution is 5.25. The van der Waals surface area contributed by atoms with Crippen LogP contribution in [-0.4, -0.2) is 24.0 Å². The van der Waals surface area contributed by atoms with Gasteiger partial charge in [-0.05, 0) is 36.9 Å². The standard InChI is InChI=1S/C15H21F3N2/c1-11-5-6-20(14(7-11)9-19)10-12-3-2-4-13(8-12)15(16,17)18/h2-4,8,11,14H,5-7,9-10,19H2,1H3. The summed E-state index contributed by atoms with van der Waals surface area (Å²) in [5.74, 6) is 0.640. The van der Waals surface area contributed by atoms with Gasteiger partial charge in [-0.25, -0.2) is 0 Å². The zero-order chi connectivity index (χ0) is 14.8. The Kier molecular flexibility index (Phi) is 4.70. The number of likely N-dealkylation sites (tertiary alicyclic amines) is 1. The monoisotopic (exact) mass is 286 g/mol. The largest absolute Gasteiger partial charge is 0.416 e. The third-order valence-corrected chi connectivity index (χ3v) is 4.01. The summed E-state index contributed by atoms with van der Waals surface area (Å²) in [6, 6.07) is 5.85. The third-order valence-electron chi connectivity index (χ3n) is 4.01. The Morgan fingerprint density at radius 1 is 1.35 bits per heavy atom. The van der Waals surface area contributed by atoms with E-state index in [1.807, 2.05) is 0 Å². The molecule has 0 bridgehead atoms. The summed E-state index contributed by atoms with van der Waals surface area (Å²) < 4.78 is 38.1. The van der Waals surface area contributed by atoms with Crippen molar-refractivity contribution in [3.63, 3.8) is 0 Å². The Morgan fingerprint density at radius 3 is 2.75 bits per heavy atom. The van der Waals surface area contributed by atoms with Gasteiger partial charge < -0.3 is 5.73 Å². The van der Waals surface area contributed by atoms with Gasteiger partial charge in [-0.3, -0.25) is 4.90 Å². The lowest BCUT2D eigenvalue weighted by atomic mass is 9.92. The molecule has 1 heterocycles. The van der Waals surface area contributed by atoms with E-state index in [-0.39, 0.29) is 6.04 Å². The lowest BCUT2D eigenvalue weighted by Gasteiger charge is -2.38. The van der Waals surface area contributed by atoms with E-state index in [9.17, 15) is 13.2 Å². The highest BCUT2D eigenvalue weighted by Crippen LogP contribution is 2.30. The summed E-state index contributed by atoms with van der Waals surface area (Å²) in [5, 5.41) is 0. The van der Waals surface area contributed by atoms with E-state index < -0.39 is 11.7 Å². The molecular weight excluding hydrogens is 265 g/mol.